The first-order valence-electron chi connectivity index (χ1n) is 6.27. The van der Waals surface area contributed by atoms with Crippen LogP contribution >= 0.6 is 0 Å². The second kappa shape index (κ2) is 3.46. The Hall–Kier alpha value is -0.0800. The smallest absolute Gasteiger partial charge is 0.0582 e. The van der Waals surface area contributed by atoms with Gasteiger partial charge in [0.1, 0.15) is 0 Å². The van der Waals surface area contributed by atoms with Gasteiger partial charge in [0, 0.05) is 12.1 Å². The molecule has 0 aliphatic heterocycles. The van der Waals surface area contributed by atoms with Crippen LogP contribution in [0.5, 0.6) is 0 Å². The Kier molecular flexibility index (Phi) is 2.63. The summed E-state index contributed by atoms with van der Waals surface area (Å²) in [5, 5.41) is 12.8. The molecule has 2 aliphatic carbocycles. The fraction of sp³-hybridized carbons (Fsp3) is 1.00. The van der Waals surface area contributed by atoms with Gasteiger partial charge in [0.25, 0.3) is 0 Å². The van der Waals surface area contributed by atoms with E-state index in [1.807, 2.05) is 0 Å². The lowest BCUT2D eigenvalue weighted by atomic mass is 9.68. The van der Waals surface area contributed by atoms with E-state index in [1.54, 1.807) is 0 Å². The Labute approximate surface area is 93.5 Å². The van der Waals surface area contributed by atoms with Crippen LogP contribution in [0.1, 0.15) is 47.0 Å². The van der Waals surface area contributed by atoms with Crippen molar-refractivity contribution in [3.05, 3.63) is 0 Å². The summed E-state index contributed by atoms with van der Waals surface area (Å²) in [7, 11) is 0. The number of aliphatic hydroxyl groups is 1. The molecule has 0 spiro atoms. The Morgan fingerprint density at radius 1 is 1.40 bits per heavy atom. The molecule has 2 fully saturated rings. The minimum Gasteiger partial charge on any atom is -0.395 e. The van der Waals surface area contributed by atoms with E-state index >= 15 is 0 Å². The molecule has 0 aromatic carbocycles. The highest BCUT2D eigenvalue weighted by atomic mass is 16.3. The lowest BCUT2D eigenvalue weighted by Crippen LogP contribution is -2.53. The van der Waals surface area contributed by atoms with E-state index in [2.05, 4.69) is 33.0 Å². The van der Waals surface area contributed by atoms with Crippen LogP contribution in [0.3, 0.4) is 0 Å². The van der Waals surface area contributed by atoms with Gasteiger partial charge in [-0.2, -0.15) is 0 Å². The third-order valence-electron chi connectivity index (χ3n) is 4.99. The highest BCUT2D eigenvalue weighted by Gasteiger charge is 2.59. The standard InChI is InChI=1S/C13H25NO/c1-9(8-15)14-11-12(2,3)10-5-6-13(11,4)7-10/h9-11,14-15H,5-8H2,1-4H3/t9-,10+,11?,13-/m1/s1. The van der Waals surface area contributed by atoms with Crippen molar-refractivity contribution in [1.29, 1.82) is 0 Å². The summed E-state index contributed by atoms with van der Waals surface area (Å²) in [4.78, 5) is 0. The molecule has 0 aromatic heterocycles. The number of rotatable bonds is 3. The normalized spacial score (nSPS) is 44.6. The zero-order valence-electron chi connectivity index (χ0n) is 10.5. The van der Waals surface area contributed by atoms with Crippen molar-refractivity contribution in [2.75, 3.05) is 6.61 Å². The zero-order chi connectivity index (χ0) is 11.3. The van der Waals surface area contributed by atoms with Gasteiger partial charge in [0.15, 0.2) is 0 Å². The van der Waals surface area contributed by atoms with E-state index < -0.39 is 0 Å². The van der Waals surface area contributed by atoms with Crippen LogP contribution in [0.25, 0.3) is 0 Å². The monoisotopic (exact) mass is 211 g/mol. The maximum atomic E-state index is 9.16. The summed E-state index contributed by atoms with van der Waals surface area (Å²) >= 11 is 0. The van der Waals surface area contributed by atoms with Crippen molar-refractivity contribution < 1.29 is 5.11 Å². The maximum absolute atomic E-state index is 9.16. The predicted octanol–water partition coefficient (Wildman–Crippen LogP) is 2.17. The molecule has 4 atom stereocenters. The van der Waals surface area contributed by atoms with Gasteiger partial charge in [-0.3, -0.25) is 0 Å². The summed E-state index contributed by atoms with van der Waals surface area (Å²) in [6, 6.07) is 0.802. The molecular weight excluding hydrogens is 186 g/mol. The Bertz CT molecular complexity index is 246. The molecule has 0 aromatic rings. The molecule has 2 bridgehead atoms. The van der Waals surface area contributed by atoms with E-state index in [0.29, 0.717) is 16.9 Å². The molecule has 2 rings (SSSR count). The fourth-order valence-electron chi connectivity index (χ4n) is 4.06. The average molecular weight is 211 g/mol. The highest BCUT2D eigenvalue weighted by molar-refractivity contribution is 5.12. The first-order valence-corrected chi connectivity index (χ1v) is 6.27. The van der Waals surface area contributed by atoms with Gasteiger partial charge in [-0.15, -0.1) is 0 Å². The van der Waals surface area contributed by atoms with Crippen molar-refractivity contribution in [2.45, 2.75) is 59.0 Å². The maximum Gasteiger partial charge on any atom is 0.0582 e. The summed E-state index contributed by atoms with van der Waals surface area (Å²) in [6.45, 7) is 9.52. The van der Waals surface area contributed by atoms with E-state index in [1.165, 1.54) is 19.3 Å². The lowest BCUT2D eigenvalue weighted by molar-refractivity contribution is 0.0899. The third kappa shape index (κ3) is 1.62. The van der Waals surface area contributed by atoms with Crippen LogP contribution < -0.4 is 5.32 Å². The molecule has 2 saturated carbocycles. The summed E-state index contributed by atoms with van der Waals surface area (Å²) < 4.78 is 0. The van der Waals surface area contributed by atoms with Crippen molar-refractivity contribution in [3.63, 3.8) is 0 Å². The number of hydrogen-bond acceptors (Lipinski definition) is 2. The van der Waals surface area contributed by atoms with Gasteiger partial charge < -0.3 is 10.4 Å². The van der Waals surface area contributed by atoms with Gasteiger partial charge in [0.2, 0.25) is 0 Å². The molecule has 15 heavy (non-hydrogen) atoms. The second-order valence-electron chi connectivity index (χ2n) is 6.60. The molecular formula is C13H25NO. The second-order valence-corrected chi connectivity index (χ2v) is 6.60. The van der Waals surface area contributed by atoms with E-state index in [-0.39, 0.29) is 12.6 Å². The highest BCUT2D eigenvalue weighted by Crippen LogP contribution is 2.62. The summed E-state index contributed by atoms with van der Waals surface area (Å²) in [5.74, 6) is 0.880. The van der Waals surface area contributed by atoms with Gasteiger partial charge in [-0.05, 0) is 42.9 Å². The lowest BCUT2D eigenvalue weighted by Gasteiger charge is -2.44. The van der Waals surface area contributed by atoms with E-state index in [9.17, 15) is 0 Å². The van der Waals surface area contributed by atoms with Crippen molar-refractivity contribution in [2.24, 2.45) is 16.7 Å². The Morgan fingerprint density at radius 3 is 2.53 bits per heavy atom. The first kappa shape index (κ1) is 11.4. The molecule has 88 valence electrons. The number of fused-ring (bicyclic) bond motifs is 2. The van der Waals surface area contributed by atoms with Gasteiger partial charge in [-0.1, -0.05) is 20.8 Å². The zero-order valence-corrected chi connectivity index (χ0v) is 10.5. The fourth-order valence-corrected chi connectivity index (χ4v) is 4.06. The molecule has 0 amide bonds. The van der Waals surface area contributed by atoms with Crippen LogP contribution in [0.15, 0.2) is 0 Å². The van der Waals surface area contributed by atoms with Gasteiger partial charge in [0.05, 0.1) is 6.61 Å². The quantitative estimate of drug-likeness (QED) is 0.750. The minimum atomic E-state index is 0.227. The van der Waals surface area contributed by atoms with Crippen LogP contribution in [-0.4, -0.2) is 23.8 Å². The first-order chi connectivity index (χ1) is 6.90. The van der Waals surface area contributed by atoms with Gasteiger partial charge in [-0.25, -0.2) is 0 Å². The van der Waals surface area contributed by atoms with Crippen LogP contribution in [0, 0.1) is 16.7 Å². The van der Waals surface area contributed by atoms with Gasteiger partial charge >= 0.3 is 0 Å². The Balaban J connectivity index is 2.15. The van der Waals surface area contributed by atoms with Crippen LogP contribution in [0.4, 0.5) is 0 Å². The number of nitrogens with one attached hydrogen (secondary N) is 1. The van der Waals surface area contributed by atoms with Crippen molar-refractivity contribution >= 4 is 0 Å². The SMILES string of the molecule is C[C@H](CO)NC1C(C)(C)[C@H]2CC[C@]1(C)C2. The minimum absolute atomic E-state index is 0.227. The van der Waals surface area contributed by atoms with E-state index in [0.717, 1.165) is 5.92 Å². The Morgan fingerprint density at radius 2 is 2.07 bits per heavy atom. The summed E-state index contributed by atoms with van der Waals surface area (Å²) in [6.07, 6.45) is 4.13. The summed E-state index contributed by atoms with van der Waals surface area (Å²) in [5.41, 5.74) is 0.869. The number of hydrogen-bond donors (Lipinski definition) is 2. The topological polar surface area (TPSA) is 32.3 Å². The molecule has 2 heteroatoms. The van der Waals surface area contributed by atoms with Crippen molar-refractivity contribution in [3.8, 4) is 0 Å². The van der Waals surface area contributed by atoms with Crippen molar-refractivity contribution in [1.82, 2.24) is 5.32 Å². The molecule has 0 heterocycles. The average Bonchev–Trinajstić information content (AvgIpc) is 2.63. The molecule has 2 N–H and O–H groups in total. The predicted molar refractivity (Wildman–Crippen MR) is 62.7 cm³/mol. The van der Waals surface area contributed by atoms with Crippen LogP contribution in [0.2, 0.25) is 0 Å². The molecule has 2 nitrogen and oxygen atoms in total. The third-order valence-corrected chi connectivity index (χ3v) is 4.99. The van der Waals surface area contributed by atoms with E-state index in [4.69, 9.17) is 5.11 Å². The molecule has 1 unspecified atom stereocenters. The largest absolute Gasteiger partial charge is 0.395 e. The number of aliphatic hydroxyl groups excluding tert-OH is 1. The molecule has 2 aliphatic rings. The molecule has 0 saturated heterocycles. The van der Waals surface area contributed by atoms with Crippen LogP contribution in [-0.2, 0) is 0 Å². The molecule has 0 radical (unpaired) electrons.